The molecule has 4 nitrogen and oxygen atoms in total. The Kier molecular flexibility index (Phi) is 4.07. The van der Waals surface area contributed by atoms with Crippen molar-refractivity contribution in [1.29, 1.82) is 0 Å². The molecule has 0 saturated carbocycles. The molecular formula is C12H16ClNO3. The van der Waals surface area contributed by atoms with Crippen molar-refractivity contribution in [2.75, 3.05) is 19.6 Å². The lowest BCUT2D eigenvalue weighted by molar-refractivity contribution is -0.143. The van der Waals surface area contributed by atoms with Crippen molar-refractivity contribution in [3.63, 3.8) is 0 Å². The quantitative estimate of drug-likeness (QED) is 0.842. The fourth-order valence-corrected chi connectivity index (χ4v) is 2.47. The van der Waals surface area contributed by atoms with E-state index in [1.165, 1.54) is 0 Å². The number of halogens is 1. The Morgan fingerprint density at radius 3 is 2.82 bits per heavy atom. The molecule has 5 heteroatoms. The third kappa shape index (κ3) is 3.23. The highest BCUT2D eigenvalue weighted by Crippen LogP contribution is 2.25. The molecule has 1 fully saturated rings. The van der Waals surface area contributed by atoms with Crippen molar-refractivity contribution in [2.45, 2.75) is 18.2 Å². The lowest BCUT2D eigenvalue weighted by Crippen LogP contribution is -2.37. The number of likely N-dealkylation sites (tertiary alicyclic amines) is 1. The maximum Gasteiger partial charge on any atom is 0.306 e. The molecule has 1 saturated heterocycles. The summed E-state index contributed by atoms with van der Waals surface area (Å²) in [6, 6.07) is 3.68. The third-order valence-electron chi connectivity index (χ3n) is 3.21. The molecule has 1 unspecified atom stereocenters. The molecule has 1 aromatic heterocycles. The number of rotatable bonds is 4. The highest BCUT2D eigenvalue weighted by molar-refractivity contribution is 6.20. The second-order valence-corrected chi connectivity index (χ2v) is 4.92. The summed E-state index contributed by atoms with van der Waals surface area (Å²) in [6.45, 7) is 2.29. The zero-order valence-electron chi connectivity index (χ0n) is 9.51. The minimum Gasteiger partial charge on any atom is -0.481 e. The first-order valence-corrected chi connectivity index (χ1v) is 6.23. The number of carboxylic acids is 1. The zero-order valence-corrected chi connectivity index (χ0v) is 10.3. The number of carboxylic acid groups (broad SMARTS) is 1. The normalized spacial score (nSPS) is 20.3. The van der Waals surface area contributed by atoms with E-state index in [-0.39, 0.29) is 11.3 Å². The Labute approximate surface area is 105 Å². The summed E-state index contributed by atoms with van der Waals surface area (Å²) >= 11 is 6.23. The first-order chi connectivity index (χ1) is 8.16. The van der Waals surface area contributed by atoms with Crippen LogP contribution in [0.3, 0.4) is 0 Å². The number of piperidine rings is 1. The van der Waals surface area contributed by atoms with Crippen LogP contribution in [0, 0.1) is 5.92 Å². The van der Waals surface area contributed by atoms with Crippen LogP contribution in [0.25, 0.3) is 0 Å². The summed E-state index contributed by atoms with van der Waals surface area (Å²) in [6.07, 6.45) is 3.02. The van der Waals surface area contributed by atoms with E-state index in [1.54, 1.807) is 6.26 Å². The largest absolute Gasteiger partial charge is 0.481 e. The zero-order chi connectivity index (χ0) is 12.3. The Hall–Kier alpha value is -1.00. The van der Waals surface area contributed by atoms with Gasteiger partial charge in [-0.15, -0.1) is 11.6 Å². The predicted molar refractivity (Wildman–Crippen MR) is 64.1 cm³/mol. The second kappa shape index (κ2) is 5.56. The van der Waals surface area contributed by atoms with Gasteiger partial charge in [-0.1, -0.05) is 0 Å². The fourth-order valence-electron chi connectivity index (χ4n) is 2.15. The summed E-state index contributed by atoms with van der Waals surface area (Å²) in [5.74, 6) is -0.103. The van der Waals surface area contributed by atoms with Crippen molar-refractivity contribution in [3.05, 3.63) is 24.2 Å². The van der Waals surface area contributed by atoms with Gasteiger partial charge in [0.25, 0.3) is 0 Å². The summed E-state index contributed by atoms with van der Waals surface area (Å²) in [7, 11) is 0. The first kappa shape index (κ1) is 12.5. The number of furan rings is 1. The van der Waals surface area contributed by atoms with Crippen LogP contribution < -0.4 is 0 Å². The van der Waals surface area contributed by atoms with Gasteiger partial charge in [0.2, 0.25) is 0 Å². The molecule has 1 N–H and O–H groups in total. The van der Waals surface area contributed by atoms with Gasteiger partial charge in [0.1, 0.15) is 11.1 Å². The number of carbonyl (C=O) groups is 1. The Morgan fingerprint density at radius 2 is 2.29 bits per heavy atom. The maximum atomic E-state index is 10.8. The van der Waals surface area contributed by atoms with Crippen LogP contribution in [0.5, 0.6) is 0 Å². The molecule has 0 aliphatic carbocycles. The van der Waals surface area contributed by atoms with Gasteiger partial charge in [-0.05, 0) is 38.1 Å². The number of hydrogen-bond acceptors (Lipinski definition) is 3. The number of alkyl halides is 1. The standard InChI is InChI=1S/C12H16ClNO3/c13-10(11-2-1-7-17-11)8-14-5-3-9(4-6-14)12(15)16/h1-2,7,9-10H,3-6,8H2,(H,15,16). The molecule has 0 amide bonds. The van der Waals surface area contributed by atoms with Crippen LogP contribution in [-0.4, -0.2) is 35.6 Å². The second-order valence-electron chi connectivity index (χ2n) is 4.40. The van der Waals surface area contributed by atoms with Crippen LogP contribution >= 0.6 is 11.6 Å². The van der Waals surface area contributed by atoms with Crippen molar-refractivity contribution in [1.82, 2.24) is 4.90 Å². The average molecular weight is 258 g/mol. The summed E-state index contributed by atoms with van der Waals surface area (Å²) in [4.78, 5) is 13.0. The molecule has 94 valence electrons. The van der Waals surface area contributed by atoms with Crippen LogP contribution in [0.4, 0.5) is 0 Å². The molecule has 2 rings (SSSR count). The van der Waals surface area contributed by atoms with Gasteiger partial charge in [-0.3, -0.25) is 4.79 Å². The van der Waals surface area contributed by atoms with E-state index in [9.17, 15) is 4.79 Å². The molecule has 1 atom stereocenters. The number of nitrogens with zero attached hydrogens (tertiary/aromatic N) is 1. The molecule has 0 bridgehead atoms. The van der Waals surface area contributed by atoms with E-state index < -0.39 is 5.97 Å². The average Bonchev–Trinajstić information content (AvgIpc) is 2.83. The summed E-state index contributed by atoms with van der Waals surface area (Å²) in [5, 5.41) is 8.74. The van der Waals surface area contributed by atoms with Crippen molar-refractivity contribution in [3.8, 4) is 0 Å². The predicted octanol–water partition coefficient (Wildman–Crippen LogP) is 2.36. The Balaban J connectivity index is 1.80. The molecule has 17 heavy (non-hydrogen) atoms. The molecule has 0 spiro atoms. The minimum absolute atomic E-state index is 0.161. The Morgan fingerprint density at radius 1 is 1.59 bits per heavy atom. The van der Waals surface area contributed by atoms with E-state index in [1.807, 2.05) is 12.1 Å². The van der Waals surface area contributed by atoms with Crippen LogP contribution in [0.2, 0.25) is 0 Å². The molecule has 1 aliphatic heterocycles. The monoisotopic (exact) mass is 257 g/mol. The SMILES string of the molecule is O=C(O)C1CCN(CC(Cl)c2ccco2)CC1. The van der Waals surface area contributed by atoms with Crippen molar-refractivity contribution < 1.29 is 14.3 Å². The van der Waals surface area contributed by atoms with Crippen LogP contribution in [-0.2, 0) is 4.79 Å². The van der Waals surface area contributed by atoms with E-state index in [0.717, 1.165) is 18.8 Å². The fraction of sp³-hybridized carbons (Fsp3) is 0.583. The van der Waals surface area contributed by atoms with E-state index in [4.69, 9.17) is 21.1 Å². The number of hydrogen-bond donors (Lipinski definition) is 1. The molecule has 1 aliphatic rings. The lowest BCUT2D eigenvalue weighted by Gasteiger charge is -2.30. The van der Waals surface area contributed by atoms with E-state index in [2.05, 4.69) is 4.90 Å². The lowest BCUT2D eigenvalue weighted by atomic mass is 9.97. The van der Waals surface area contributed by atoms with Crippen molar-refractivity contribution >= 4 is 17.6 Å². The van der Waals surface area contributed by atoms with Gasteiger partial charge >= 0.3 is 5.97 Å². The van der Waals surface area contributed by atoms with Gasteiger partial charge in [0.05, 0.1) is 12.2 Å². The summed E-state index contributed by atoms with van der Waals surface area (Å²) in [5.41, 5.74) is 0. The van der Waals surface area contributed by atoms with Gasteiger partial charge < -0.3 is 14.4 Å². The van der Waals surface area contributed by atoms with Gasteiger partial charge in [0.15, 0.2) is 0 Å². The Bertz CT molecular complexity index is 358. The third-order valence-corrected chi connectivity index (χ3v) is 3.56. The van der Waals surface area contributed by atoms with E-state index >= 15 is 0 Å². The van der Waals surface area contributed by atoms with Gasteiger partial charge in [0, 0.05) is 6.54 Å². The van der Waals surface area contributed by atoms with E-state index in [0.29, 0.717) is 19.4 Å². The van der Waals surface area contributed by atoms with Gasteiger partial charge in [-0.2, -0.15) is 0 Å². The molecular weight excluding hydrogens is 242 g/mol. The highest BCUT2D eigenvalue weighted by Gasteiger charge is 2.26. The minimum atomic E-state index is -0.682. The molecule has 1 aromatic rings. The number of aliphatic carboxylic acids is 1. The van der Waals surface area contributed by atoms with Gasteiger partial charge in [-0.25, -0.2) is 0 Å². The topological polar surface area (TPSA) is 53.7 Å². The van der Waals surface area contributed by atoms with Crippen LogP contribution in [0.1, 0.15) is 24.0 Å². The summed E-state index contributed by atoms with van der Waals surface area (Å²) < 4.78 is 5.24. The van der Waals surface area contributed by atoms with Crippen LogP contribution in [0.15, 0.2) is 22.8 Å². The first-order valence-electron chi connectivity index (χ1n) is 5.79. The smallest absolute Gasteiger partial charge is 0.306 e. The molecule has 0 aromatic carbocycles. The molecule has 0 radical (unpaired) electrons. The highest BCUT2D eigenvalue weighted by atomic mass is 35.5. The molecule has 2 heterocycles. The van der Waals surface area contributed by atoms with Crippen molar-refractivity contribution in [2.24, 2.45) is 5.92 Å². The maximum absolute atomic E-state index is 10.8.